The molecule has 0 bridgehead atoms. The molecule has 0 aliphatic heterocycles. The summed E-state index contributed by atoms with van der Waals surface area (Å²) in [5, 5.41) is 0. The zero-order chi connectivity index (χ0) is 10.9. The monoisotopic (exact) mass is 230 g/mol. The van der Waals surface area contributed by atoms with Crippen LogP contribution in [0.15, 0.2) is 0 Å². The first-order valence-corrected chi connectivity index (χ1v) is 6.91. The van der Waals surface area contributed by atoms with Gasteiger partial charge >= 0.3 is 0 Å². The molecule has 2 rings (SSSR count). The van der Waals surface area contributed by atoms with Gasteiger partial charge in [0.2, 0.25) is 0 Å². The fourth-order valence-electron chi connectivity index (χ4n) is 3.01. The van der Waals surface area contributed by atoms with E-state index in [4.69, 9.17) is 16.3 Å². The van der Waals surface area contributed by atoms with Crippen LogP contribution >= 0.6 is 11.6 Å². The van der Waals surface area contributed by atoms with Crippen LogP contribution in [0.2, 0.25) is 0 Å². The summed E-state index contributed by atoms with van der Waals surface area (Å²) in [6.45, 7) is 4.35. The van der Waals surface area contributed by atoms with Crippen LogP contribution < -0.4 is 0 Å². The van der Waals surface area contributed by atoms with Crippen molar-refractivity contribution < 1.29 is 4.74 Å². The normalized spacial score (nSPS) is 32.6. The molecule has 2 aliphatic rings. The van der Waals surface area contributed by atoms with Gasteiger partial charge in [0.05, 0.1) is 6.10 Å². The number of halogens is 1. The van der Waals surface area contributed by atoms with Gasteiger partial charge in [-0.05, 0) is 43.4 Å². The minimum Gasteiger partial charge on any atom is -0.358 e. The van der Waals surface area contributed by atoms with E-state index >= 15 is 0 Å². The van der Waals surface area contributed by atoms with Gasteiger partial charge in [-0.1, -0.05) is 38.3 Å². The second-order valence-corrected chi connectivity index (χ2v) is 5.90. The zero-order valence-corrected chi connectivity index (χ0v) is 10.7. The lowest BCUT2D eigenvalue weighted by atomic mass is 9.65. The summed E-state index contributed by atoms with van der Waals surface area (Å²) in [6, 6.07) is 0. The van der Waals surface area contributed by atoms with E-state index in [2.05, 4.69) is 13.8 Å². The Morgan fingerprint density at radius 3 is 2.47 bits per heavy atom. The Bertz CT molecular complexity index is 211. The van der Waals surface area contributed by atoms with E-state index in [0.29, 0.717) is 17.4 Å². The SMILES string of the molecule is CCC(C)C(Cl)OC1CCC12CCCC2. The van der Waals surface area contributed by atoms with Crippen molar-refractivity contribution in [3.8, 4) is 0 Å². The van der Waals surface area contributed by atoms with E-state index < -0.39 is 0 Å². The number of hydrogen-bond acceptors (Lipinski definition) is 1. The molecule has 2 fully saturated rings. The summed E-state index contributed by atoms with van der Waals surface area (Å²) < 4.78 is 6.04. The second kappa shape index (κ2) is 4.63. The Balaban J connectivity index is 1.84. The predicted octanol–water partition coefficient (Wildman–Crippen LogP) is 4.34. The topological polar surface area (TPSA) is 9.23 Å². The quantitative estimate of drug-likeness (QED) is 0.653. The van der Waals surface area contributed by atoms with Crippen molar-refractivity contribution in [2.24, 2.45) is 11.3 Å². The van der Waals surface area contributed by atoms with Crippen LogP contribution in [0.5, 0.6) is 0 Å². The maximum atomic E-state index is 6.28. The molecular formula is C13H23ClO. The molecule has 0 aromatic heterocycles. The molecule has 1 spiro atoms. The third-order valence-corrected chi connectivity index (χ3v) is 5.11. The summed E-state index contributed by atoms with van der Waals surface area (Å²) in [7, 11) is 0. The maximum Gasteiger partial charge on any atom is 0.134 e. The Morgan fingerprint density at radius 2 is 2.00 bits per heavy atom. The molecule has 15 heavy (non-hydrogen) atoms. The minimum atomic E-state index is -0.0715. The molecule has 0 heterocycles. The van der Waals surface area contributed by atoms with Crippen molar-refractivity contribution in [2.75, 3.05) is 0 Å². The lowest BCUT2D eigenvalue weighted by molar-refractivity contribution is -0.129. The Morgan fingerprint density at radius 1 is 1.33 bits per heavy atom. The van der Waals surface area contributed by atoms with Crippen LogP contribution in [0.4, 0.5) is 0 Å². The lowest BCUT2D eigenvalue weighted by Gasteiger charge is -2.48. The van der Waals surface area contributed by atoms with Gasteiger partial charge in [0.15, 0.2) is 0 Å². The second-order valence-electron chi connectivity index (χ2n) is 5.47. The van der Waals surface area contributed by atoms with Gasteiger partial charge in [0.1, 0.15) is 5.56 Å². The summed E-state index contributed by atoms with van der Waals surface area (Å²) in [5.41, 5.74) is 0.471. The maximum absolute atomic E-state index is 6.28. The minimum absolute atomic E-state index is 0.0715. The van der Waals surface area contributed by atoms with Crippen LogP contribution in [0.3, 0.4) is 0 Å². The molecule has 0 amide bonds. The summed E-state index contributed by atoms with van der Waals surface area (Å²) in [6.07, 6.45) is 9.74. The first-order chi connectivity index (χ1) is 7.18. The summed E-state index contributed by atoms with van der Waals surface area (Å²) in [5.74, 6) is 0.478. The van der Waals surface area contributed by atoms with Gasteiger partial charge in [-0.2, -0.15) is 0 Å². The first-order valence-electron chi connectivity index (χ1n) is 6.47. The van der Waals surface area contributed by atoms with Crippen LogP contribution in [0.1, 0.15) is 58.8 Å². The van der Waals surface area contributed by atoms with E-state index in [1.54, 1.807) is 0 Å². The molecule has 0 radical (unpaired) electrons. The average Bonchev–Trinajstić information content (AvgIpc) is 2.74. The first kappa shape index (κ1) is 11.7. The molecule has 3 atom stereocenters. The Kier molecular flexibility index (Phi) is 3.62. The molecule has 2 aliphatic carbocycles. The Labute approximate surface area is 98.5 Å². The fourth-order valence-corrected chi connectivity index (χ4v) is 3.31. The molecule has 2 heteroatoms. The summed E-state index contributed by atoms with van der Waals surface area (Å²) in [4.78, 5) is 0. The van der Waals surface area contributed by atoms with Gasteiger partial charge in [-0.25, -0.2) is 0 Å². The Hall–Kier alpha value is 0.250. The van der Waals surface area contributed by atoms with Gasteiger partial charge in [-0.3, -0.25) is 0 Å². The number of rotatable bonds is 4. The predicted molar refractivity (Wildman–Crippen MR) is 64.1 cm³/mol. The molecule has 3 unspecified atom stereocenters. The highest BCUT2D eigenvalue weighted by Crippen LogP contribution is 2.55. The largest absolute Gasteiger partial charge is 0.358 e. The van der Waals surface area contributed by atoms with Crippen molar-refractivity contribution in [1.29, 1.82) is 0 Å². The number of alkyl halides is 1. The van der Waals surface area contributed by atoms with Crippen LogP contribution in [-0.4, -0.2) is 11.7 Å². The van der Waals surface area contributed by atoms with E-state index in [-0.39, 0.29) is 5.56 Å². The van der Waals surface area contributed by atoms with Gasteiger partial charge in [-0.15, -0.1) is 0 Å². The standard InChI is InChI=1S/C13H23ClO/c1-3-10(2)12(14)15-11-6-9-13(11)7-4-5-8-13/h10-12H,3-9H2,1-2H3. The molecule has 88 valence electrons. The van der Waals surface area contributed by atoms with Crippen LogP contribution in [0, 0.1) is 11.3 Å². The van der Waals surface area contributed by atoms with E-state index in [0.717, 1.165) is 6.42 Å². The van der Waals surface area contributed by atoms with Gasteiger partial charge < -0.3 is 4.74 Å². The van der Waals surface area contributed by atoms with Gasteiger partial charge in [0, 0.05) is 0 Å². The van der Waals surface area contributed by atoms with Crippen molar-refractivity contribution in [3.63, 3.8) is 0 Å². The van der Waals surface area contributed by atoms with Gasteiger partial charge in [0.25, 0.3) is 0 Å². The van der Waals surface area contributed by atoms with E-state index in [1.807, 2.05) is 0 Å². The van der Waals surface area contributed by atoms with Crippen LogP contribution in [-0.2, 0) is 4.74 Å². The number of hydrogen-bond donors (Lipinski definition) is 0. The van der Waals surface area contributed by atoms with Crippen molar-refractivity contribution in [1.82, 2.24) is 0 Å². The number of ether oxygens (including phenoxy) is 1. The van der Waals surface area contributed by atoms with Crippen molar-refractivity contribution in [3.05, 3.63) is 0 Å². The van der Waals surface area contributed by atoms with E-state index in [9.17, 15) is 0 Å². The van der Waals surface area contributed by atoms with Crippen molar-refractivity contribution >= 4 is 11.6 Å². The average molecular weight is 231 g/mol. The third kappa shape index (κ3) is 2.19. The fraction of sp³-hybridized carbons (Fsp3) is 1.00. The third-order valence-electron chi connectivity index (χ3n) is 4.57. The summed E-state index contributed by atoms with van der Waals surface area (Å²) >= 11 is 6.28. The molecule has 1 nitrogen and oxygen atoms in total. The van der Waals surface area contributed by atoms with E-state index in [1.165, 1.54) is 38.5 Å². The molecule has 2 saturated carbocycles. The smallest absolute Gasteiger partial charge is 0.134 e. The van der Waals surface area contributed by atoms with Crippen LogP contribution in [0.25, 0.3) is 0 Å². The highest BCUT2D eigenvalue weighted by Gasteiger charge is 2.49. The molecule has 0 saturated heterocycles. The lowest BCUT2D eigenvalue weighted by Crippen LogP contribution is -2.46. The molecule has 0 N–H and O–H groups in total. The van der Waals surface area contributed by atoms with Crippen molar-refractivity contribution in [2.45, 2.75) is 70.5 Å². The molecule has 0 aromatic carbocycles. The highest BCUT2D eigenvalue weighted by molar-refractivity contribution is 6.19. The zero-order valence-electron chi connectivity index (χ0n) is 9.97. The molecular weight excluding hydrogens is 208 g/mol. The highest BCUT2D eigenvalue weighted by atomic mass is 35.5. The molecule has 0 aromatic rings.